The number of nitrogens with zero attached hydrogens (tertiary/aromatic N) is 2. The van der Waals surface area contributed by atoms with Crippen LogP contribution >= 0.6 is 0 Å². The molecule has 1 saturated heterocycles. The Balaban J connectivity index is 1.49. The number of hydrogen-bond donors (Lipinski definition) is 1. The first-order chi connectivity index (χ1) is 10.3. The summed E-state index contributed by atoms with van der Waals surface area (Å²) in [6, 6.07) is 2.93. The highest BCUT2D eigenvalue weighted by molar-refractivity contribution is 5.02. The minimum atomic E-state index is 0.169. The summed E-state index contributed by atoms with van der Waals surface area (Å²) in [6.45, 7) is 0.910. The van der Waals surface area contributed by atoms with Gasteiger partial charge < -0.3 is 10.5 Å². The Morgan fingerprint density at radius 2 is 2.00 bits per heavy atom. The van der Waals surface area contributed by atoms with Crippen LogP contribution in [-0.2, 0) is 11.2 Å². The molecule has 1 saturated carbocycles. The molecule has 1 aliphatic carbocycles. The smallest absolute Gasteiger partial charge is 0.0640 e. The van der Waals surface area contributed by atoms with Crippen molar-refractivity contribution in [3.05, 3.63) is 18.0 Å². The van der Waals surface area contributed by atoms with Crippen molar-refractivity contribution >= 4 is 0 Å². The molecule has 0 amide bonds. The van der Waals surface area contributed by atoms with Crippen LogP contribution in [0.25, 0.3) is 0 Å². The minimum Gasteiger partial charge on any atom is -0.378 e. The number of ether oxygens (including phenoxy) is 1. The third-order valence-electron chi connectivity index (χ3n) is 4.92. The maximum atomic E-state index is 6.30. The predicted octanol–water partition coefficient (Wildman–Crippen LogP) is 3.22. The fraction of sp³-hybridized carbons (Fsp3) is 0.824. The minimum absolute atomic E-state index is 0.169. The Bertz CT molecular complexity index is 419. The topological polar surface area (TPSA) is 53.1 Å². The first-order valence-electron chi connectivity index (χ1n) is 8.72. The first-order valence-corrected chi connectivity index (χ1v) is 8.72. The van der Waals surface area contributed by atoms with Crippen molar-refractivity contribution in [3.63, 3.8) is 0 Å². The van der Waals surface area contributed by atoms with Gasteiger partial charge in [-0.05, 0) is 44.6 Å². The highest BCUT2D eigenvalue weighted by Crippen LogP contribution is 2.27. The maximum absolute atomic E-state index is 6.30. The molecule has 1 aromatic heterocycles. The van der Waals surface area contributed by atoms with Gasteiger partial charge in [-0.25, -0.2) is 0 Å². The van der Waals surface area contributed by atoms with Crippen molar-refractivity contribution in [2.45, 2.75) is 82.4 Å². The van der Waals surface area contributed by atoms with Gasteiger partial charge >= 0.3 is 0 Å². The second-order valence-electron chi connectivity index (χ2n) is 6.77. The zero-order valence-corrected chi connectivity index (χ0v) is 13.0. The Morgan fingerprint density at radius 1 is 1.19 bits per heavy atom. The molecule has 2 N–H and O–H groups in total. The van der Waals surface area contributed by atoms with Crippen LogP contribution in [0.3, 0.4) is 0 Å². The first kappa shape index (κ1) is 15.0. The lowest BCUT2D eigenvalue weighted by Gasteiger charge is -2.25. The molecule has 0 bridgehead atoms. The molecule has 2 unspecified atom stereocenters. The molecular formula is C17H29N3O. The van der Waals surface area contributed by atoms with E-state index in [1.54, 1.807) is 0 Å². The second-order valence-corrected chi connectivity index (χ2v) is 6.77. The SMILES string of the molecule is NC(Cc1ccn(C2CCCCC2)n1)CC1CCCCO1. The van der Waals surface area contributed by atoms with Crippen LogP contribution < -0.4 is 5.73 Å². The molecule has 0 radical (unpaired) electrons. The van der Waals surface area contributed by atoms with Gasteiger partial charge in [-0.15, -0.1) is 0 Å². The largest absolute Gasteiger partial charge is 0.378 e. The zero-order valence-electron chi connectivity index (χ0n) is 13.0. The third-order valence-corrected chi connectivity index (χ3v) is 4.92. The summed E-state index contributed by atoms with van der Waals surface area (Å²) >= 11 is 0. The zero-order chi connectivity index (χ0) is 14.5. The Morgan fingerprint density at radius 3 is 2.76 bits per heavy atom. The van der Waals surface area contributed by atoms with Gasteiger partial charge in [-0.2, -0.15) is 5.10 Å². The van der Waals surface area contributed by atoms with Crippen LogP contribution in [0, 0.1) is 0 Å². The molecule has 4 heteroatoms. The molecule has 0 spiro atoms. The fourth-order valence-corrected chi connectivity index (χ4v) is 3.72. The maximum Gasteiger partial charge on any atom is 0.0640 e. The van der Waals surface area contributed by atoms with Crippen molar-refractivity contribution in [1.29, 1.82) is 0 Å². The quantitative estimate of drug-likeness (QED) is 0.906. The average molecular weight is 291 g/mol. The van der Waals surface area contributed by atoms with Gasteiger partial charge in [0.2, 0.25) is 0 Å². The van der Waals surface area contributed by atoms with E-state index in [-0.39, 0.29) is 6.04 Å². The summed E-state index contributed by atoms with van der Waals surface area (Å²) in [6.07, 6.45) is 14.7. The Kier molecular flexibility index (Phi) is 5.31. The van der Waals surface area contributed by atoms with E-state index in [9.17, 15) is 0 Å². The molecule has 21 heavy (non-hydrogen) atoms. The Hall–Kier alpha value is -0.870. The molecule has 2 atom stereocenters. The predicted molar refractivity (Wildman–Crippen MR) is 84.2 cm³/mol. The normalized spacial score (nSPS) is 25.9. The van der Waals surface area contributed by atoms with Gasteiger partial charge in [0, 0.05) is 25.3 Å². The van der Waals surface area contributed by atoms with Gasteiger partial charge in [-0.1, -0.05) is 19.3 Å². The molecule has 0 aromatic carbocycles. The highest BCUT2D eigenvalue weighted by Gasteiger charge is 2.19. The summed E-state index contributed by atoms with van der Waals surface area (Å²) in [5.41, 5.74) is 7.44. The van der Waals surface area contributed by atoms with Gasteiger partial charge in [0.15, 0.2) is 0 Å². The molecule has 118 valence electrons. The van der Waals surface area contributed by atoms with Crippen LogP contribution in [0.2, 0.25) is 0 Å². The molecule has 2 heterocycles. The van der Waals surface area contributed by atoms with Gasteiger partial charge in [0.25, 0.3) is 0 Å². The summed E-state index contributed by atoms with van der Waals surface area (Å²) < 4.78 is 7.96. The van der Waals surface area contributed by atoms with Gasteiger partial charge in [0.05, 0.1) is 17.8 Å². The summed E-state index contributed by atoms with van der Waals surface area (Å²) in [4.78, 5) is 0. The van der Waals surface area contributed by atoms with Gasteiger partial charge in [-0.3, -0.25) is 4.68 Å². The lowest BCUT2D eigenvalue weighted by atomic mass is 9.96. The number of rotatable bonds is 5. The van der Waals surface area contributed by atoms with E-state index in [1.165, 1.54) is 51.4 Å². The molecule has 4 nitrogen and oxygen atoms in total. The lowest BCUT2D eigenvalue weighted by Crippen LogP contribution is -2.31. The van der Waals surface area contributed by atoms with E-state index in [4.69, 9.17) is 15.6 Å². The molecule has 3 rings (SSSR count). The van der Waals surface area contributed by atoms with Crippen LogP contribution in [0.5, 0.6) is 0 Å². The van der Waals surface area contributed by atoms with Crippen molar-refractivity contribution in [1.82, 2.24) is 9.78 Å². The van der Waals surface area contributed by atoms with E-state index < -0.39 is 0 Å². The van der Waals surface area contributed by atoms with Crippen LogP contribution in [0.15, 0.2) is 12.3 Å². The van der Waals surface area contributed by atoms with Gasteiger partial charge in [0.1, 0.15) is 0 Å². The standard InChI is InChI=1S/C17H29N3O/c18-14(13-17-8-4-5-11-21-17)12-15-9-10-20(19-15)16-6-2-1-3-7-16/h9-10,14,16-17H,1-8,11-13,18H2. The van der Waals surface area contributed by atoms with E-state index in [0.29, 0.717) is 12.1 Å². The van der Waals surface area contributed by atoms with Crippen LogP contribution in [0.4, 0.5) is 0 Å². The van der Waals surface area contributed by atoms with Crippen molar-refractivity contribution in [3.8, 4) is 0 Å². The van der Waals surface area contributed by atoms with E-state index in [0.717, 1.165) is 25.1 Å². The molecule has 1 aromatic rings. The summed E-state index contributed by atoms with van der Waals surface area (Å²) in [5.74, 6) is 0. The Labute approximate surface area is 128 Å². The lowest BCUT2D eigenvalue weighted by molar-refractivity contribution is 0.00742. The van der Waals surface area contributed by atoms with Crippen molar-refractivity contribution in [2.75, 3.05) is 6.61 Å². The third kappa shape index (κ3) is 4.30. The van der Waals surface area contributed by atoms with Crippen LogP contribution in [-0.4, -0.2) is 28.5 Å². The number of aromatic nitrogens is 2. The summed E-state index contributed by atoms with van der Waals surface area (Å²) in [5, 5.41) is 4.76. The van der Waals surface area contributed by atoms with E-state index in [1.807, 2.05) is 0 Å². The summed E-state index contributed by atoms with van der Waals surface area (Å²) in [7, 11) is 0. The molecule has 1 aliphatic heterocycles. The number of nitrogens with two attached hydrogens (primary N) is 1. The fourth-order valence-electron chi connectivity index (χ4n) is 3.72. The van der Waals surface area contributed by atoms with Crippen LogP contribution in [0.1, 0.15) is 69.5 Å². The molecule has 2 fully saturated rings. The van der Waals surface area contributed by atoms with E-state index in [2.05, 4.69) is 16.9 Å². The van der Waals surface area contributed by atoms with E-state index >= 15 is 0 Å². The monoisotopic (exact) mass is 291 g/mol. The number of hydrogen-bond acceptors (Lipinski definition) is 3. The highest BCUT2D eigenvalue weighted by atomic mass is 16.5. The van der Waals surface area contributed by atoms with Crippen molar-refractivity contribution < 1.29 is 4.74 Å². The molecule has 2 aliphatic rings. The average Bonchev–Trinajstić information content (AvgIpc) is 2.97. The second kappa shape index (κ2) is 7.41. The van der Waals surface area contributed by atoms with Crippen molar-refractivity contribution in [2.24, 2.45) is 5.73 Å². The molecular weight excluding hydrogens is 262 g/mol.